The molecule has 22 heavy (non-hydrogen) atoms. The fourth-order valence-corrected chi connectivity index (χ4v) is 3.49. The molecular weight excluding hydrogens is 300 g/mol. The molecule has 1 fully saturated rings. The Morgan fingerprint density at radius 3 is 2.68 bits per heavy atom. The van der Waals surface area contributed by atoms with Crippen molar-refractivity contribution in [2.45, 2.75) is 51.6 Å². The SMILES string of the molecule is CN(CC(=O)Nc1nnc(C(C)(C)C)s1)CC1CCCC1O. The lowest BCUT2D eigenvalue weighted by Gasteiger charge is -2.22. The number of rotatable bonds is 5. The van der Waals surface area contributed by atoms with Gasteiger partial charge in [-0.15, -0.1) is 10.2 Å². The molecule has 2 atom stereocenters. The summed E-state index contributed by atoms with van der Waals surface area (Å²) in [5, 5.41) is 22.2. The normalized spacial score (nSPS) is 22.3. The second-order valence-electron chi connectivity index (χ2n) is 7.17. The van der Waals surface area contributed by atoms with Gasteiger partial charge >= 0.3 is 0 Å². The zero-order valence-corrected chi connectivity index (χ0v) is 14.6. The zero-order valence-electron chi connectivity index (χ0n) is 13.8. The first-order valence-corrected chi connectivity index (χ1v) is 8.58. The standard InChI is InChI=1S/C15H26N4O2S/c1-15(2,3)13-17-18-14(22-13)16-12(21)9-19(4)8-10-6-5-7-11(10)20/h10-11,20H,5-9H2,1-4H3,(H,16,18,21). The number of carbonyl (C=O) groups excluding carboxylic acids is 1. The minimum absolute atomic E-state index is 0.0595. The molecule has 0 radical (unpaired) electrons. The van der Waals surface area contributed by atoms with E-state index in [1.165, 1.54) is 11.3 Å². The number of aromatic nitrogens is 2. The summed E-state index contributed by atoms with van der Waals surface area (Å²) in [6, 6.07) is 0. The van der Waals surface area contributed by atoms with Crippen LogP contribution in [0, 0.1) is 5.92 Å². The molecule has 0 bridgehead atoms. The number of aliphatic hydroxyl groups excluding tert-OH is 1. The molecule has 0 aromatic carbocycles. The number of hydrogen-bond donors (Lipinski definition) is 2. The van der Waals surface area contributed by atoms with Gasteiger partial charge in [-0.2, -0.15) is 0 Å². The van der Waals surface area contributed by atoms with Crippen LogP contribution in [0.3, 0.4) is 0 Å². The number of amides is 1. The summed E-state index contributed by atoms with van der Waals surface area (Å²) in [6.07, 6.45) is 2.78. The first-order valence-electron chi connectivity index (χ1n) is 7.76. The lowest BCUT2D eigenvalue weighted by molar-refractivity contribution is -0.117. The van der Waals surface area contributed by atoms with E-state index in [0.717, 1.165) is 30.8 Å². The Morgan fingerprint density at radius 1 is 1.41 bits per heavy atom. The second kappa shape index (κ2) is 7.02. The van der Waals surface area contributed by atoms with Crippen LogP contribution in [-0.2, 0) is 10.2 Å². The fraction of sp³-hybridized carbons (Fsp3) is 0.800. The number of likely N-dealkylation sites (N-methyl/N-ethyl adjacent to an activating group) is 1. The number of aliphatic hydroxyl groups is 1. The number of nitrogens with one attached hydrogen (secondary N) is 1. The van der Waals surface area contributed by atoms with E-state index in [-0.39, 0.29) is 23.3 Å². The molecule has 0 spiro atoms. The second-order valence-corrected chi connectivity index (χ2v) is 8.14. The minimum atomic E-state index is -0.219. The van der Waals surface area contributed by atoms with E-state index < -0.39 is 0 Å². The van der Waals surface area contributed by atoms with Crippen molar-refractivity contribution in [2.24, 2.45) is 5.92 Å². The molecule has 1 saturated carbocycles. The molecule has 2 unspecified atom stereocenters. The van der Waals surface area contributed by atoms with Crippen molar-refractivity contribution in [1.29, 1.82) is 0 Å². The molecule has 1 aromatic rings. The van der Waals surface area contributed by atoms with Gasteiger partial charge in [-0.05, 0) is 25.8 Å². The van der Waals surface area contributed by atoms with Crippen LogP contribution in [0.15, 0.2) is 0 Å². The van der Waals surface area contributed by atoms with Crippen molar-refractivity contribution in [3.8, 4) is 0 Å². The third-order valence-electron chi connectivity index (χ3n) is 3.89. The number of nitrogens with zero attached hydrogens (tertiary/aromatic N) is 3. The summed E-state index contributed by atoms with van der Waals surface area (Å²) in [6.45, 7) is 7.25. The highest BCUT2D eigenvalue weighted by Gasteiger charge is 2.26. The molecule has 2 rings (SSSR count). The topological polar surface area (TPSA) is 78.4 Å². The summed E-state index contributed by atoms with van der Waals surface area (Å²) >= 11 is 1.42. The molecule has 0 aliphatic heterocycles. The quantitative estimate of drug-likeness (QED) is 0.863. The van der Waals surface area contributed by atoms with Crippen LogP contribution in [0.1, 0.15) is 45.0 Å². The Morgan fingerprint density at radius 2 is 2.14 bits per heavy atom. The Bertz CT molecular complexity index is 512. The predicted molar refractivity (Wildman–Crippen MR) is 88.1 cm³/mol. The van der Waals surface area contributed by atoms with Crippen LogP contribution in [0.25, 0.3) is 0 Å². The summed E-state index contributed by atoms with van der Waals surface area (Å²) in [5.74, 6) is 0.193. The largest absolute Gasteiger partial charge is 0.393 e. The molecule has 7 heteroatoms. The smallest absolute Gasteiger partial charge is 0.240 e. The maximum absolute atomic E-state index is 12.1. The van der Waals surface area contributed by atoms with Crippen LogP contribution in [0.4, 0.5) is 5.13 Å². The van der Waals surface area contributed by atoms with Gasteiger partial charge in [0.25, 0.3) is 0 Å². The third kappa shape index (κ3) is 4.72. The highest BCUT2D eigenvalue weighted by atomic mass is 32.1. The van der Waals surface area contributed by atoms with Gasteiger partial charge in [0.15, 0.2) is 0 Å². The monoisotopic (exact) mass is 326 g/mol. The Kier molecular flexibility index (Phi) is 5.52. The maximum Gasteiger partial charge on any atom is 0.240 e. The zero-order chi connectivity index (χ0) is 16.3. The van der Waals surface area contributed by atoms with Gasteiger partial charge in [0.2, 0.25) is 11.0 Å². The summed E-state index contributed by atoms with van der Waals surface area (Å²) in [7, 11) is 1.91. The first-order chi connectivity index (χ1) is 10.3. The molecule has 6 nitrogen and oxygen atoms in total. The average molecular weight is 326 g/mol. The number of anilines is 1. The van der Waals surface area contributed by atoms with Crippen molar-refractivity contribution >= 4 is 22.4 Å². The Balaban J connectivity index is 1.81. The predicted octanol–water partition coefficient (Wildman–Crippen LogP) is 1.87. The van der Waals surface area contributed by atoms with E-state index in [1.54, 1.807) is 0 Å². The van der Waals surface area contributed by atoms with Crippen LogP contribution in [0.2, 0.25) is 0 Å². The van der Waals surface area contributed by atoms with Crippen molar-refractivity contribution < 1.29 is 9.90 Å². The van der Waals surface area contributed by atoms with Gasteiger partial charge < -0.3 is 5.11 Å². The third-order valence-corrected chi connectivity index (χ3v) is 5.16. The van der Waals surface area contributed by atoms with Crippen molar-refractivity contribution in [1.82, 2.24) is 15.1 Å². The van der Waals surface area contributed by atoms with Crippen molar-refractivity contribution in [3.63, 3.8) is 0 Å². The van der Waals surface area contributed by atoms with E-state index in [2.05, 4.69) is 36.3 Å². The lowest BCUT2D eigenvalue weighted by atomic mass is 9.98. The number of carbonyl (C=O) groups is 1. The molecule has 2 N–H and O–H groups in total. The van der Waals surface area contributed by atoms with E-state index >= 15 is 0 Å². The van der Waals surface area contributed by atoms with Gasteiger partial charge in [0.05, 0.1) is 12.6 Å². The fourth-order valence-electron chi connectivity index (χ4n) is 2.68. The molecular formula is C15H26N4O2S. The van der Waals surface area contributed by atoms with Crippen LogP contribution in [-0.4, -0.2) is 52.4 Å². The van der Waals surface area contributed by atoms with Gasteiger partial charge in [-0.3, -0.25) is 15.0 Å². The van der Waals surface area contributed by atoms with Gasteiger partial charge in [-0.25, -0.2) is 0 Å². The molecule has 124 valence electrons. The molecule has 1 amide bonds. The van der Waals surface area contributed by atoms with Crippen molar-refractivity contribution in [3.05, 3.63) is 5.01 Å². The van der Waals surface area contributed by atoms with Gasteiger partial charge in [-0.1, -0.05) is 38.5 Å². The van der Waals surface area contributed by atoms with Crippen molar-refractivity contribution in [2.75, 3.05) is 25.5 Å². The Labute approximate surface area is 135 Å². The Hall–Kier alpha value is -1.05. The van der Waals surface area contributed by atoms with Gasteiger partial charge in [0.1, 0.15) is 5.01 Å². The molecule has 1 aliphatic rings. The minimum Gasteiger partial charge on any atom is -0.393 e. The summed E-state index contributed by atoms with van der Waals surface area (Å²) in [5.41, 5.74) is -0.0595. The molecule has 0 saturated heterocycles. The van der Waals surface area contributed by atoms with Gasteiger partial charge in [0, 0.05) is 12.0 Å². The maximum atomic E-state index is 12.1. The van der Waals surface area contributed by atoms with E-state index in [9.17, 15) is 9.90 Å². The summed E-state index contributed by atoms with van der Waals surface area (Å²) in [4.78, 5) is 14.0. The molecule has 1 heterocycles. The lowest BCUT2D eigenvalue weighted by Crippen LogP contribution is -2.35. The van der Waals surface area contributed by atoms with Crippen LogP contribution < -0.4 is 5.32 Å². The van der Waals surface area contributed by atoms with Crippen LogP contribution >= 0.6 is 11.3 Å². The molecule has 1 aliphatic carbocycles. The van der Waals surface area contributed by atoms with E-state index in [4.69, 9.17) is 0 Å². The summed E-state index contributed by atoms with van der Waals surface area (Å²) < 4.78 is 0. The highest BCUT2D eigenvalue weighted by Crippen LogP contribution is 2.28. The van der Waals surface area contributed by atoms with E-state index in [0.29, 0.717) is 11.7 Å². The highest BCUT2D eigenvalue weighted by molar-refractivity contribution is 7.15. The first kappa shape index (κ1) is 17.3. The van der Waals surface area contributed by atoms with Crippen LogP contribution in [0.5, 0.6) is 0 Å². The average Bonchev–Trinajstić information content (AvgIpc) is 2.99. The molecule has 1 aromatic heterocycles. The number of hydrogen-bond acceptors (Lipinski definition) is 6. The van der Waals surface area contributed by atoms with E-state index in [1.807, 2.05) is 11.9 Å².